The summed E-state index contributed by atoms with van der Waals surface area (Å²) >= 11 is 0. The van der Waals surface area contributed by atoms with Gasteiger partial charge in [0.1, 0.15) is 0 Å². The molecule has 0 aliphatic carbocycles. The molecule has 0 aromatic carbocycles. The third kappa shape index (κ3) is 4.25. The van der Waals surface area contributed by atoms with Gasteiger partial charge in [-0.25, -0.2) is 0 Å². The number of rotatable bonds is 5. The van der Waals surface area contributed by atoms with Crippen LogP contribution < -0.4 is 10.6 Å². The molecule has 1 heterocycles. The predicted molar refractivity (Wildman–Crippen MR) is 75.6 cm³/mol. The summed E-state index contributed by atoms with van der Waals surface area (Å²) in [6.45, 7) is 10.3. The van der Waals surface area contributed by atoms with Crippen LogP contribution >= 0.6 is 0 Å². The molecule has 1 unspecified atom stereocenters. The standard InChI is InChI=1S/C14H29N3O/c1-6-14(3,4)16-13(18)11(2)17-9-7-12(15-5)8-10-17/h11-12,15H,6-10H2,1-5H3,(H,16,18). The van der Waals surface area contributed by atoms with Crippen LogP contribution in [0.4, 0.5) is 0 Å². The zero-order valence-corrected chi connectivity index (χ0v) is 12.5. The van der Waals surface area contributed by atoms with Crippen LogP contribution in [0.2, 0.25) is 0 Å². The highest BCUT2D eigenvalue weighted by molar-refractivity contribution is 5.82. The van der Waals surface area contributed by atoms with E-state index < -0.39 is 0 Å². The quantitative estimate of drug-likeness (QED) is 0.780. The molecule has 0 aromatic heterocycles. The molecule has 4 heteroatoms. The van der Waals surface area contributed by atoms with Crippen molar-refractivity contribution < 1.29 is 4.79 Å². The SMILES string of the molecule is CCC(C)(C)NC(=O)C(C)N1CCC(NC)CC1. The summed E-state index contributed by atoms with van der Waals surface area (Å²) in [5.41, 5.74) is -0.103. The van der Waals surface area contributed by atoms with Crippen LogP contribution in [-0.2, 0) is 4.79 Å². The summed E-state index contributed by atoms with van der Waals surface area (Å²) in [6.07, 6.45) is 3.21. The first-order chi connectivity index (χ1) is 8.39. The van der Waals surface area contributed by atoms with Crippen LogP contribution in [0.5, 0.6) is 0 Å². The normalized spacial score (nSPS) is 20.7. The number of hydrogen-bond donors (Lipinski definition) is 2. The lowest BCUT2D eigenvalue weighted by Crippen LogP contribution is -2.54. The molecule has 106 valence electrons. The Balaban J connectivity index is 2.45. The Morgan fingerprint density at radius 1 is 1.39 bits per heavy atom. The van der Waals surface area contributed by atoms with Gasteiger partial charge in [0.25, 0.3) is 0 Å². The van der Waals surface area contributed by atoms with E-state index in [0.29, 0.717) is 6.04 Å². The van der Waals surface area contributed by atoms with E-state index in [0.717, 1.165) is 32.4 Å². The molecule has 0 saturated carbocycles. The highest BCUT2D eigenvalue weighted by atomic mass is 16.2. The summed E-state index contributed by atoms with van der Waals surface area (Å²) in [4.78, 5) is 14.5. The molecule has 1 amide bonds. The van der Waals surface area contributed by atoms with Crippen molar-refractivity contribution in [3.8, 4) is 0 Å². The van der Waals surface area contributed by atoms with Gasteiger partial charge in [0.2, 0.25) is 5.91 Å². The molecule has 1 rings (SSSR count). The molecule has 0 radical (unpaired) electrons. The van der Waals surface area contributed by atoms with E-state index in [2.05, 4.69) is 36.3 Å². The molecular weight excluding hydrogens is 226 g/mol. The Morgan fingerprint density at radius 2 is 1.94 bits per heavy atom. The van der Waals surface area contributed by atoms with Gasteiger partial charge >= 0.3 is 0 Å². The molecule has 4 nitrogen and oxygen atoms in total. The summed E-state index contributed by atoms with van der Waals surface area (Å²) in [5.74, 6) is 0.157. The number of piperidine rings is 1. The van der Waals surface area contributed by atoms with E-state index in [-0.39, 0.29) is 17.5 Å². The van der Waals surface area contributed by atoms with Gasteiger partial charge in [-0.1, -0.05) is 6.92 Å². The van der Waals surface area contributed by atoms with Crippen molar-refractivity contribution >= 4 is 5.91 Å². The van der Waals surface area contributed by atoms with Crippen LogP contribution in [0.15, 0.2) is 0 Å². The zero-order chi connectivity index (χ0) is 13.8. The second-order valence-corrected chi connectivity index (χ2v) is 6.00. The number of likely N-dealkylation sites (tertiary alicyclic amines) is 1. The van der Waals surface area contributed by atoms with Gasteiger partial charge in [-0.05, 0) is 47.1 Å². The van der Waals surface area contributed by atoms with Gasteiger partial charge in [0.05, 0.1) is 6.04 Å². The van der Waals surface area contributed by atoms with Crippen molar-refractivity contribution in [1.82, 2.24) is 15.5 Å². The minimum absolute atomic E-state index is 0.0198. The van der Waals surface area contributed by atoms with Crippen molar-refractivity contribution in [2.45, 2.75) is 64.6 Å². The molecule has 1 atom stereocenters. The average Bonchev–Trinajstić information content (AvgIpc) is 2.37. The molecule has 0 spiro atoms. The molecule has 1 fully saturated rings. The summed E-state index contributed by atoms with van der Waals surface area (Å²) < 4.78 is 0. The van der Waals surface area contributed by atoms with E-state index in [1.54, 1.807) is 0 Å². The topological polar surface area (TPSA) is 44.4 Å². The first-order valence-electron chi connectivity index (χ1n) is 7.13. The predicted octanol–water partition coefficient (Wildman–Crippen LogP) is 1.36. The number of carbonyl (C=O) groups excluding carboxylic acids is 1. The van der Waals surface area contributed by atoms with Crippen molar-refractivity contribution in [1.29, 1.82) is 0 Å². The summed E-state index contributed by atoms with van der Waals surface area (Å²) in [7, 11) is 2.01. The van der Waals surface area contributed by atoms with Gasteiger partial charge < -0.3 is 10.6 Å². The number of carbonyl (C=O) groups is 1. The molecule has 1 aliphatic heterocycles. The largest absolute Gasteiger partial charge is 0.350 e. The van der Waals surface area contributed by atoms with E-state index in [4.69, 9.17) is 0 Å². The highest BCUT2D eigenvalue weighted by Gasteiger charge is 2.28. The van der Waals surface area contributed by atoms with Crippen molar-refractivity contribution in [3.05, 3.63) is 0 Å². The minimum Gasteiger partial charge on any atom is -0.350 e. The van der Waals surface area contributed by atoms with E-state index in [1.807, 2.05) is 14.0 Å². The van der Waals surface area contributed by atoms with E-state index in [1.165, 1.54) is 0 Å². The van der Waals surface area contributed by atoms with Gasteiger partial charge in [-0.3, -0.25) is 9.69 Å². The average molecular weight is 255 g/mol. The molecular formula is C14H29N3O. The van der Waals surface area contributed by atoms with Crippen LogP contribution in [0.25, 0.3) is 0 Å². The second-order valence-electron chi connectivity index (χ2n) is 6.00. The maximum absolute atomic E-state index is 12.2. The van der Waals surface area contributed by atoms with Gasteiger partial charge in [0.15, 0.2) is 0 Å². The smallest absolute Gasteiger partial charge is 0.237 e. The van der Waals surface area contributed by atoms with Crippen LogP contribution in [0.1, 0.15) is 47.0 Å². The Morgan fingerprint density at radius 3 is 2.39 bits per heavy atom. The second kappa shape index (κ2) is 6.53. The van der Waals surface area contributed by atoms with Crippen LogP contribution in [-0.4, -0.2) is 48.6 Å². The fraction of sp³-hybridized carbons (Fsp3) is 0.929. The molecule has 2 N–H and O–H groups in total. The van der Waals surface area contributed by atoms with E-state index in [9.17, 15) is 4.79 Å². The van der Waals surface area contributed by atoms with E-state index >= 15 is 0 Å². The Bertz CT molecular complexity index is 270. The summed E-state index contributed by atoms with van der Waals surface area (Å²) in [5, 5.41) is 6.44. The van der Waals surface area contributed by atoms with Crippen LogP contribution in [0, 0.1) is 0 Å². The van der Waals surface area contributed by atoms with Gasteiger partial charge in [-0.2, -0.15) is 0 Å². The van der Waals surface area contributed by atoms with Gasteiger partial charge in [0, 0.05) is 24.7 Å². The van der Waals surface area contributed by atoms with Gasteiger partial charge in [-0.15, -0.1) is 0 Å². The number of nitrogens with zero attached hydrogens (tertiary/aromatic N) is 1. The van der Waals surface area contributed by atoms with Crippen LogP contribution in [0.3, 0.4) is 0 Å². The third-order valence-electron chi connectivity index (χ3n) is 4.21. The lowest BCUT2D eigenvalue weighted by molar-refractivity contribution is -0.128. The number of amides is 1. The third-order valence-corrected chi connectivity index (χ3v) is 4.21. The molecule has 1 aliphatic rings. The number of nitrogens with one attached hydrogen (secondary N) is 2. The zero-order valence-electron chi connectivity index (χ0n) is 12.5. The summed E-state index contributed by atoms with van der Waals surface area (Å²) in [6, 6.07) is 0.595. The lowest BCUT2D eigenvalue weighted by Gasteiger charge is -2.36. The maximum atomic E-state index is 12.2. The fourth-order valence-corrected chi connectivity index (χ4v) is 2.27. The highest BCUT2D eigenvalue weighted by Crippen LogP contribution is 2.14. The molecule has 18 heavy (non-hydrogen) atoms. The molecule has 0 aromatic rings. The maximum Gasteiger partial charge on any atom is 0.237 e. The van der Waals surface area contributed by atoms with Crippen molar-refractivity contribution in [2.24, 2.45) is 0 Å². The minimum atomic E-state index is -0.103. The first-order valence-corrected chi connectivity index (χ1v) is 7.13. The monoisotopic (exact) mass is 255 g/mol. The Hall–Kier alpha value is -0.610. The Labute approximate surface area is 111 Å². The van der Waals surface area contributed by atoms with Crippen molar-refractivity contribution in [3.63, 3.8) is 0 Å². The molecule has 0 bridgehead atoms. The lowest BCUT2D eigenvalue weighted by atomic mass is 10.00. The first kappa shape index (κ1) is 15.4. The molecule has 1 saturated heterocycles. The Kier molecular flexibility index (Phi) is 5.60. The van der Waals surface area contributed by atoms with Crippen molar-refractivity contribution in [2.75, 3.05) is 20.1 Å². The number of hydrogen-bond acceptors (Lipinski definition) is 3. The fourth-order valence-electron chi connectivity index (χ4n) is 2.27.